The Hall–Kier alpha value is -1.35. The molecule has 0 heterocycles. The van der Waals surface area contributed by atoms with E-state index in [4.69, 9.17) is 5.73 Å². The molecule has 2 rings (SSSR count). The van der Waals surface area contributed by atoms with Crippen molar-refractivity contribution in [1.29, 1.82) is 0 Å². The van der Waals surface area contributed by atoms with Gasteiger partial charge in [-0.3, -0.25) is 4.79 Å². The van der Waals surface area contributed by atoms with Gasteiger partial charge in [0.15, 0.2) is 0 Å². The molecule has 1 saturated carbocycles. The molecule has 104 valence electrons. The summed E-state index contributed by atoms with van der Waals surface area (Å²) in [5.74, 6) is 0.902. The van der Waals surface area contributed by atoms with E-state index in [-0.39, 0.29) is 23.8 Å². The fourth-order valence-corrected chi connectivity index (χ4v) is 2.52. The quantitative estimate of drug-likeness (QED) is 0.824. The number of carbonyl (C=O) groups is 1. The van der Waals surface area contributed by atoms with Gasteiger partial charge in [-0.05, 0) is 30.2 Å². The van der Waals surface area contributed by atoms with Crippen LogP contribution in [0.1, 0.15) is 38.2 Å². The number of benzene rings is 1. The Morgan fingerprint density at radius 1 is 1.32 bits per heavy atom. The van der Waals surface area contributed by atoms with Crippen LogP contribution in [0.25, 0.3) is 0 Å². The van der Waals surface area contributed by atoms with Gasteiger partial charge in [-0.1, -0.05) is 44.2 Å². The highest BCUT2D eigenvalue weighted by molar-refractivity contribution is 5.83. The van der Waals surface area contributed by atoms with Crippen molar-refractivity contribution in [1.82, 2.24) is 5.32 Å². The molecular weight excluding hydrogens is 236 g/mol. The molecule has 3 nitrogen and oxygen atoms in total. The molecule has 0 aromatic heterocycles. The first-order chi connectivity index (χ1) is 9.09. The molecule has 1 aromatic rings. The van der Waals surface area contributed by atoms with Crippen molar-refractivity contribution < 1.29 is 4.79 Å². The maximum Gasteiger partial charge on any atom is 0.227 e. The number of hydrogen-bond acceptors (Lipinski definition) is 2. The van der Waals surface area contributed by atoms with Gasteiger partial charge in [-0.25, -0.2) is 0 Å². The van der Waals surface area contributed by atoms with Crippen LogP contribution in [0.5, 0.6) is 0 Å². The van der Waals surface area contributed by atoms with Gasteiger partial charge in [0.05, 0.1) is 5.92 Å². The highest BCUT2D eigenvalue weighted by Gasteiger charge is 2.30. The molecule has 0 bridgehead atoms. The summed E-state index contributed by atoms with van der Waals surface area (Å²) in [6.45, 7) is 4.76. The van der Waals surface area contributed by atoms with E-state index in [1.54, 1.807) is 0 Å². The number of amides is 1. The number of rotatable bonds is 6. The predicted octanol–water partition coefficient (Wildman–Crippen LogP) is 2.28. The van der Waals surface area contributed by atoms with Gasteiger partial charge < -0.3 is 11.1 Å². The second-order valence-electron chi connectivity index (χ2n) is 5.88. The van der Waals surface area contributed by atoms with Crippen molar-refractivity contribution in [2.45, 2.75) is 38.6 Å². The summed E-state index contributed by atoms with van der Waals surface area (Å²) in [5.41, 5.74) is 7.11. The van der Waals surface area contributed by atoms with Crippen molar-refractivity contribution >= 4 is 5.91 Å². The molecule has 1 aliphatic rings. The largest absolute Gasteiger partial charge is 0.354 e. The van der Waals surface area contributed by atoms with Crippen LogP contribution >= 0.6 is 0 Å². The van der Waals surface area contributed by atoms with E-state index in [2.05, 4.69) is 19.2 Å². The monoisotopic (exact) mass is 260 g/mol. The van der Waals surface area contributed by atoms with Crippen molar-refractivity contribution in [3.05, 3.63) is 35.9 Å². The van der Waals surface area contributed by atoms with Crippen LogP contribution in [0, 0.1) is 11.8 Å². The Morgan fingerprint density at radius 2 is 1.95 bits per heavy atom. The molecule has 19 heavy (non-hydrogen) atoms. The number of carbonyl (C=O) groups excluding carboxylic acids is 1. The summed E-state index contributed by atoms with van der Waals surface area (Å²) in [4.78, 5) is 12.4. The predicted molar refractivity (Wildman–Crippen MR) is 77.7 cm³/mol. The zero-order valence-corrected chi connectivity index (χ0v) is 11.8. The van der Waals surface area contributed by atoms with Gasteiger partial charge in [-0.15, -0.1) is 0 Å². The summed E-state index contributed by atoms with van der Waals surface area (Å²) in [6, 6.07) is 10.1. The Balaban J connectivity index is 1.96. The lowest BCUT2D eigenvalue weighted by Gasteiger charge is -2.22. The summed E-state index contributed by atoms with van der Waals surface area (Å²) in [6.07, 6.45) is 2.42. The van der Waals surface area contributed by atoms with E-state index in [0.717, 1.165) is 5.56 Å². The summed E-state index contributed by atoms with van der Waals surface area (Å²) in [5, 5.41) is 3.02. The van der Waals surface area contributed by atoms with Gasteiger partial charge in [0.2, 0.25) is 5.91 Å². The van der Waals surface area contributed by atoms with Crippen LogP contribution in [0.4, 0.5) is 0 Å². The van der Waals surface area contributed by atoms with E-state index in [1.807, 2.05) is 30.3 Å². The second-order valence-corrected chi connectivity index (χ2v) is 5.88. The van der Waals surface area contributed by atoms with Crippen molar-refractivity contribution in [3.63, 3.8) is 0 Å². The molecule has 2 unspecified atom stereocenters. The third-order valence-electron chi connectivity index (χ3n) is 3.85. The lowest BCUT2D eigenvalue weighted by atomic mass is 9.87. The van der Waals surface area contributed by atoms with Gasteiger partial charge in [0.1, 0.15) is 0 Å². The Morgan fingerprint density at radius 3 is 2.47 bits per heavy atom. The van der Waals surface area contributed by atoms with Gasteiger partial charge in [-0.2, -0.15) is 0 Å². The van der Waals surface area contributed by atoms with Gasteiger partial charge in [0, 0.05) is 12.6 Å². The third-order valence-corrected chi connectivity index (χ3v) is 3.85. The van der Waals surface area contributed by atoms with Crippen LogP contribution in [0.2, 0.25) is 0 Å². The highest BCUT2D eigenvalue weighted by Crippen LogP contribution is 2.31. The zero-order valence-electron chi connectivity index (χ0n) is 11.8. The SMILES string of the molecule is CC(C)C(C(=O)NCC(N)C1CC1)c1ccccc1. The maximum absolute atomic E-state index is 12.4. The molecule has 1 aliphatic carbocycles. The molecule has 0 saturated heterocycles. The Labute approximate surface area is 115 Å². The first-order valence-electron chi connectivity index (χ1n) is 7.18. The fraction of sp³-hybridized carbons (Fsp3) is 0.562. The molecule has 2 atom stereocenters. The van der Waals surface area contributed by atoms with Crippen LogP contribution < -0.4 is 11.1 Å². The molecule has 1 amide bonds. The normalized spacial score (nSPS) is 18.1. The first kappa shape index (κ1) is 14.1. The Bertz CT molecular complexity index is 412. The lowest BCUT2D eigenvalue weighted by Crippen LogP contribution is -2.41. The molecule has 0 radical (unpaired) electrons. The smallest absolute Gasteiger partial charge is 0.227 e. The summed E-state index contributed by atoms with van der Waals surface area (Å²) >= 11 is 0. The van der Waals surface area contributed by atoms with Crippen molar-refractivity contribution in [3.8, 4) is 0 Å². The molecule has 0 spiro atoms. The minimum absolute atomic E-state index is 0.0902. The summed E-state index contributed by atoms with van der Waals surface area (Å²) < 4.78 is 0. The highest BCUT2D eigenvalue weighted by atomic mass is 16.1. The minimum Gasteiger partial charge on any atom is -0.354 e. The maximum atomic E-state index is 12.4. The minimum atomic E-state index is -0.0902. The average molecular weight is 260 g/mol. The molecule has 1 aromatic carbocycles. The Kier molecular flexibility index (Phi) is 4.59. The fourth-order valence-electron chi connectivity index (χ4n) is 2.52. The number of hydrogen-bond donors (Lipinski definition) is 2. The molecule has 0 aliphatic heterocycles. The van der Waals surface area contributed by atoms with Crippen molar-refractivity contribution in [2.24, 2.45) is 17.6 Å². The topological polar surface area (TPSA) is 55.1 Å². The molecule has 3 N–H and O–H groups in total. The first-order valence-corrected chi connectivity index (χ1v) is 7.18. The molecule has 1 fully saturated rings. The van der Waals surface area contributed by atoms with E-state index in [9.17, 15) is 4.79 Å². The van der Waals surface area contributed by atoms with Gasteiger partial charge >= 0.3 is 0 Å². The second kappa shape index (κ2) is 6.20. The van der Waals surface area contributed by atoms with Crippen molar-refractivity contribution in [2.75, 3.05) is 6.54 Å². The molecular formula is C16H24N2O. The molecule has 3 heteroatoms. The van der Waals surface area contributed by atoms with E-state index < -0.39 is 0 Å². The average Bonchev–Trinajstić information content (AvgIpc) is 3.21. The zero-order chi connectivity index (χ0) is 13.8. The van der Waals surface area contributed by atoms with E-state index in [0.29, 0.717) is 12.5 Å². The van der Waals surface area contributed by atoms with Gasteiger partial charge in [0.25, 0.3) is 0 Å². The van der Waals surface area contributed by atoms with Crippen LogP contribution in [-0.4, -0.2) is 18.5 Å². The summed E-state index contributed by atoms with van der Waals surface area (Å²) in [7, 11) is 0. The van der Waals surface area contributed by atoms with E-state index in [1.165, 1.54) is 12.8 Å². The number of nitrogens with one attached hydrogen (secondary N) is 1. The standard InChI is InChI=1S/C16H24N2O/c1-11(2)15(13-6-4-3-5-7-13)16(19)18-10-14(17)12-8-9-12/h3-7,11-12,14-15H,8-10,17H2,1-2H3,(H,18,19). The van der Waals surface area contributed by atoms with Crippen LogP contribution in [0.3, 0.4) is 0 Å². The third kappa shape index (κ3) is 3.80. The van der Waals surface area contributed by atoms with Crippen LogP contribution in [0.15, 0.2) is 30.3 Å². The van der Waals surface area contributed by atoms with E-state index >= 15 is 0 Å². The van der Waals surface area contributed by atoms with Crippen LogP contribution in [-0.2, 0) is 4.79 Å². The number of nitrogens with two attached hydrogens (primary N) is 1. The lowest BCUT2D eigenvalue weighted by molar-refractivity contribution is -0.123.